The highest BCUT2D eigenvalue weighted by Crippen LogP contribution is 2.30. The molecular weight excluding hydrogens is 304 g/mol. The van der Waals surface area contributed by atoms with Gasteiger partial charge in [0.05, 0.1) is 25.6 Å². The number of methoxy groups -OCH3 is 2. The summed E-state index contributed by atoms with van der Waals surface area (Å²) >= 11 is 0. The topological polar surface area (TPSA) is 73.6 Å². The maximum atomic E-state index is 12.2. The lowest BCUT2D eigenvalue weighted by Gasteiger charge is -2.11. The van der Waals surface area contributed by atoms with Gasteiger partial charge >= 0.3 is 0 Å². The minimum atomic E-state index is -0.249. The number of ether oxygens (including phenoxy) is 2. The first-order chi connectivity index (χ1) is 11.4. The molecule has 3 N–H and O–H groups in total. The number of carbonyl (C=O) groups excluding carboxylic acids is 1. The third kappa shape index (κ3) is 4.07. The number of rotatable bonds is 5. The molecule has 2 aromatic carbocycles. The van der Waals surface area contributed by atoms with E-state index < -0.39 is 0 Å². The van der Waals surface area contributed by atoms with Gasteiger partial charge in [-0.15, -0.1) is 0 Å². The van der Waals surface area contributed by atoms with Crippen LogP contribution in [0.2, 0.25) is 0 Å². The molecule has 0 saturated carbocycles. The van der Waals surface area contributed by atoms with Crippen molar-refractivity contribution in [2.75, 3.05) is 25.3 Å². The monoisotopic (exact) mass is 326 g/mol. The van der Waals surface area contributed by atoms with Gasteiger partial charge < -0.3 is 20.5 Å². The molecule has 0 radical (unpaired) electrons. The van der Waals surface area contributed by atoms with Crippen molar-refractivity contribution in [1.29, 1.82) is 0 Å². The summed E-state index contributed by atoms with van der Waals surface area (Å²) in [5.74, 6) is 1.09. The summed E-state index contributed by atoms with van der Waals surface area (Å²) in [6, 6.07) is 11.0. The molecule has 0 aliphatic heterocycles. The van der Waals surface area contributed by atoms with Gasteiger partial charge in [0.15, 0.2) is 0 Å². The van der Waals surface area contributed by atoms with Crippen LogP contribution in [-0.2, 0) is 4.79 Å². The number of amides is 1. The van der Waals surface area contributed by atoms with Crippen molar-refractivity contribution in [3.05, 3.63) is 53.6 Å². The summed E-state index contributed by atoms with van der Waals surface area (Å²) in [4.78, 5) is 12.2. The van der Waals surface area contributed by atoms with Gasteiger partial charge in [-0.3, -0.25) is 4.79 Å². The van der Waals surface area contributed by atoms with E-state index in [0.717, 1.165) is 16.7 Å². The number of anilines is 2. The van der Waals surface area contributed by atoms with Crippen LogP contribution >= 0.6 is 0 Å². The van der Waals surface area contributed by atoms with Crippen molar-refractivity contribution in [3.63, 3.8) is 0 Å². The summed E-state index contributed by atoms with van der Waals surface area (Å²) in [7, 11) is 3.18. The van der Waals surface area contributed by atoms with E-state index in [4.69, 9.17) is 15.2 Å². The fraction of sp³-hybridized carbons (Fsp3) is 0.211. The zero-order valence-corrected chi connectivity index (χ0v) is 14.3. The Kier molecular flexibility index (Phi) is 5.47. The van der Waals surface area contributed by atoms with Gasteiger partial charge in [0.1, 0.15) is 11.5 Å². The number of carbonyl (C=O) groups is 1. The molecular formula is C19H22N2O3. The van der Waals surface area contributed by atoms with Gasteiger partial charge in [0.2, 0.25) is 5.91 Å². The second-order valence-corrected chi connectivity index (χ2v) is 5.47. The van der Waals surface area contributed by atoms with Crippen LogP contribution < -0.4 is 20.5 Å². The number of nitrogen functional groups attached to an aromatic ring is 1. The third-order valence-electron chi connectivity index (χ3n) is 3.65. The molecule has 1 amide bonds. The molecule has 0 bridgehead atoms. The average Bonchev–Trinajstić information content (AvgIpc) is 2.56. The first-order valence-electron chi connectivity index (χ1n) is 7.52. The molecule has 5 heteroatoms. The Morgan fingerprint density at radius 2 is 1.88 bits per heavy atom. The first kappa shape index (κ1) is 17.4. The molecule has 0 fully saturated rings. The second kappa shape index (κ2) is 7.55. The van der Waals surface area contributed by atoms with Crippen LogP contribution in [-0.4, -0.2) is 20.1 Å². The number of nitrogens with one attached hydrogen (secondary N) is 1. The van der Waals surface area contributed by atoms with Gasteiger partial charge in [-0.05, 0) is 49.2 Å². The number of benzene rings is 2. The van der Waals surface area contributed by atoms with Gasteiger partial charge in [0, 0.05) is 17.7 Å². The van der Waals surface area contributed by atoms with E-state index in [1.165, 1.54) is 6.08 Å². The second-order valence-electron chi connectivity index (χ2n) is 5.47. The predicted octanol–water partition coefficient (Wildman–Crippen LogP) is 3.64. The van der Waals surface area contributed by atoms with E-state index in [2.05, 4.69) is 5.32 Å². The summed E-state index contributed by atoms with van der Waals surface area (Å²) in [5, 5.41) is 2.79. The van der Waals surface area contributed by atoms with Crippen LogP contribution in [0.5, 0.6) is 11.5 Å². The highest BCUT2D eigenvalue weighted by atomic mass is 16.5. The van der Waals surface area contributed by atoms with E-state index in [1.807, 2.05) is 38.1 Å². The molecule has 2 aromatic rings. The zero-order valence-electron chi connectivity index (χ0n) is 14.3. The lowest BCUT2D eigenvalue weighted by Crippen LogP contribution is -2.10. The lowest BCUT2D eigenvalue weighted by atomic mass is 10.1. The quantitative estimate of drug-likeness (QED) is 0.650. The van der Waals surface area contributed by atoms with Crippen molar-refractivity contribution in [2.24, 2.45) is 0 Å². The summed E-state index contributed by atoms with van der Waals surface area (Å²) in [6.07, 6.45) is 1.52. The molecule has 0 heterocycles. The Labute approximate surface area is 142 Å². The van der Waals surface area contributed by atoms with Gasteiger partial charge in [-0.25, -0.2) is 0 Å². The van der Waals surface area contributed by atoms with Crippen molar-refractivity contribution >= 4 is 22.9 Å². The van der Waals surface area contributed by atoms with Crippen LogP contribution in [0.1, 0.15) is 18.1 Å². The molecule has 126 valence electrons. The molecule has 2 rings (SSSR count). The van der Waals surface area contributed by atoms with Crippen molar-refractivity contribution in [1.82, 2.24) is 0 Å². The molecule has 24 heavy (non-hydrogen) atoms. The fourth-order valence-corrected chi connectivity index (χ4v) is 2.36. The van der Waals surface area contributed by atoms with Crippen LogP contribution in [0.3, 0.4) is 0 Å². The highest BCUT2D eigenvalue weighted by molar-refractivity contribution is 6.05. The molecule has 0 aliphatic carbocycles. The Bertz CT molecular complexity index is 782. The highest BCUT2D eigenvalue weighted by Gasteiger charge is 2.09. The molecule has 5 nitrogen and oxygen atoms in total. The summed E-state index contributed by atoms with van der Waals surface area (Å²) in [6.45, 7) is 3.80. The van der Waals surface area contributed by atoms with E-state index in [-0.39, 0.29) is 5.91 Å². The summed E-state index contributed by atoms with van der Waals surface area (Å²) < 4.78 is 10.6. The summed E-state index contributed by atoms with van der Waals surface area (Å²) in [5.41, 5.74) is 9.69. The van der Waals surface area contributed by atoms with Crippen LogP contribution in [0.4, 0.5) is 11.4 Å². The minimum absolute atomic E-state index is 0.249. The minimum Gasteiger partial charge on any atom is -0.497 e. The standard InChI is InChI=1S/C19H22N2O3/c1-12-5-8-17(16(20)9-12)21-19(22)10-13(2)15-7-6-14(23-3)11-18(15)24-4/h5-11H,20H2,1-4H3,(H,21,22)/b13-10+. The number of hydrogen-bond donors (Lipinski definition) is 2. The number of hydrogen-bond acceptors (Lipinski definition) is 4. The van der Waals surface area contributed by atoms with E-state index in [0.29, 0.717) is 22.9 Å². The van der Waals surface area contributed by atoms with Crippen molar-refractivity contribution in [3.8, 4) is 11.5 Å². The number of aryl methyl sites for hydroxylation is 1. The van der Waals surface area contributed by atoms with Crippen LogP contribution in [0.15, 0.2) is 42.5 Å². The molecule has 0 spiro atoms. The molecule has 0 atom stereocenters. The normalized spacial score (nSPS) is 11.1. The van der Waals surface area contributed by atoms with Crippen LogP contribution in [0.25, 0.3) is 5.57 Å². The first-order valence-corrected chi connectivity index (χ1v) is 7.52. The fourth-order valence-electron chi connectivity index (χ4n) is 2.36. The Morgan fingerprint density at radius 1 is 1.12 bits per heavy atom. The predicted molar refractivity (Wildman–Crippen MR) is 97.4 cm³/mol. The van der Waals surface area contributed by atoms with Crippen LogP contribution in [0, 0.1) is 6.92 Å². The van der Waals surface area contributed by atoms with Crippen molar-refractivity contribution < 1.29 is 14.3 Å². The Balaban J connectivity index is 2.22. The zero-order chi connectivity index (χ0) is 17.7. The van der Waals surface area contributed by atoms with Gasteiger partial charge in [-0.2, -0.15) is 0 Å². The average molecular weight is 326 g/mol. The molecule has 0 unspecified atom stereocenters. The molecule has 0 aromatic heterocycles. The smallest absolute Gasteiger partial charge is 0.248 e. The maximum absolute atomic E-state index is 12.2. The Hall–Kier alpha value is -2.95. The van der Waals surface area contributed by atoms with Crippen molar-refractivity contribution in [2.45, 2.75) is 13.8 Å². The van der Waals surface area contributed by atoms with E-state index >= 15 is 0 Å². The Morgan fingerprint density at radius 3 is 2.50 bits per heavy atom. The third-order valence-corrected chi connectivity index (χ3v) is 3.65. The van der Waals surface area contributed by atoms with Gasteiger partial charge in [0.25, 0.3) is 0 Å². The number of allylic oxidation sites excluding steroid dienone is 1. The maximum Gasteiger partial charge on any atom is 0.248 e. The van der Waals surface area contributed by atoms with E-state index in [9.17, 15) is 4.79 Å². The molecule has 0 aliphatic rings. The van der Waals surface area contributed by atoms with Gasteiger partial charge in [-0.1, -0.05) is 6.07 Å². The largest absolute Gasteiger partial charge is 0.497 e. The van der Waals surface area contributed by atoms with E-state index in [1.54, 1.807) is 26.4 Å². The molecule has 0 saturated heterocycles. The SMILES string of the molecule is COc1ccc(/C(C)=C/C(=O)Nc2ccc(C)cc2N)c(OC)c1. The number of nitrogens with two attached hydrogens (primary N) is 1. The lowest BCUT2D eigenvalue weighted by molar-refractivity contribution is -0.111.